The van der Waals surface area contributed by atoms with Gasteiger partial charge in [0, 0.05) is 49.3 Å². The molecule has 0 amide bonds. The maximum Gasteiger partial charge on any atom is 0.0979 e. The molecule has 3 aromatic heterocycles. The molecule has 0 atom stereocenters. The third-order valence-electron chi connectivity index (χ3n) is 11.5. The summed E-state index contributed by atoms with van der Waals surface area (Å²) in [7, 11) is 0. The zero-order valence-corrected chi connectivity index (χ0v) is 30.3. The molecule has 3 heterocycles. The Morgan fingerprint density at radius 1 is 0.304 bits per heavy atom. The average Bonchev–Trinajstić information content (AvgIpc) is 3.79. The van der Waals surface area contributed by atoms with Crippen LogP contribution in [0.3, 0.4) is 0 Å². The molecule has 0 radical (unpaired) electrons. The highest BCUT2D eigenvalue weighted by atomic mass is 15.0. The van der Waals surface area contributed by atoms with Gasteiger partial charge in [0.15, 0.2) is 0 Å². The Kier molecular flexibility index (Phi) is 6.60. The summed E-state index contributed by atoms with van der Waals surface area (Å²) in [6, 6.07) is 67.6. The van der Waals surface area contributed by atoms with Crippen LogP contribution in [0.4, 0.5) is 0 Å². The van der Waals surface area contributed by atoms with E-state index in [1.807, 2.05) is 6.20 Å². The summed E-state index contributed by atoms with van der Waals surface area (Å²) < 4.78 is 4.78. The molecule has 0 aliphatic carbocycles. The van der Waals surface area contributed by atoms with Crippen molar-refractivity contribution in [3.05, 3.63) is 194 Å². The van der Waals surface area contributed by atoms with E-state index in [2.05, 4.69) is 197 Å². The van der Waals surface area contributed by atoms with Gasteiger partial charge in [0.05, 0.1) is 45.0 Å². The monoisotopic (exact) mass is 712 g/mol. The zero-order valence-electron chi connectivity index (χ0n) is 30.3. The van der Waals surface area contributed by atoms with Crippen LogP contribution in [0.25, 0.3) is 110 Å². The third-order valence-corrected chi connectivity index (χ3v) is 11.5. The predicted octanol–water partition coefficient (Wildman–Crippen LogP) is 13.5. The Morgan fingerprint density at radius 3 is 1.41 bits per heavy atom. The van der Waals surface area contributed by atoms with Crippen LogP contribution in [-0.4, -0.2) is 19.1 Å². The smallest absolute Gasteiger partial charge is 0.0979 e. The van der Waals surface area contributed by atoms with Crippen molar-refractivity contribution in [3.63, 3.8) is 0 Å². The first-order valence-electron chi connectivity index (χ1n) is 19.1. The van der Waals surface area contributed by atoms with Crippen molar-refractivity contribution in [2.75, 3.05) is 0 Å². The lowest BCUT2D eigenvalue weighted by atomic mass is 9.99. The lowest BCUT2D eigenvalue weighted by Crippen LogP contribution is -1.96. The molecule has 0 bridgehead atoms. The maximum atomic E-state index is 5.32. The second-order valence-corrected chi connectivity index (χ2v) is 14.6. The number of aromatic nitrogens is 4. The summed E-state index contributed by atoms with van der Waals surface area (Å²) in [5.74, 6) is 0. The second-order valence-electron chi connectivity index (χ2n) is 14.6. The number of nitrogens with zero attached hydrogens (tertiary/aromatic N) is 4. The highest BCUT2D eigenvalue weighted by molar-refractivity contribution is 6.23. The second kappa shape index (κ2) is 12.0. The van der Waals surface area contributed by atoms with Crippen molar-refractivity contribution in [1.82, 2.24) is 19.1 Å². The molecule has 0 aliphatic heterocycles. The van der Waals surface area contributed by atoms with Crippen LogP contribution in [0.2, 0.25) is 0 Å². The molecule has 0 spiro atoms. The largest absolute Gasteiger partial charge is 0.309 e. The van der Waals surface area contributed by atoms with Crippen LogP contribution < -0.4 is 0 Å². The quantitative estimate of drug-likeness (QED) is 0.170. The van der Waals surface area contributed by atoms with Gasteiger partial charge in [-0.3, -0.25) is 4.98 Å². The van der Waals surface area contributed by atoms with Gasteiger partial charge in [0.25, 0.3) is 0 Å². The van der Waals surface area contributed by atoms with Gasteiger partial charge in [-0.1, -0.05) is 140 Å². The Morgan fingerprint density at radius 2 is 0.786 bits per heavy atom. The number of benzene rings is 9. The normalized spacial score (nSPS) is 11.9. The molecule has 0 aliphatic rings. The molecule has 56 heavy (non-hydrogen) atoms. The van der Waals surface area contributed by atoms with Gasteiger partial charge in [-0.05, 0) is 70.4 Å². The van der Waals surface area contributed by atoms with Crippen molar-refractivity contribution in [1.29, 1.82) is 0 Å². The fourth-order valence-corrected chi connectivity index (χ4v) is 9.00. The van der Waals surface area contributed by atoms with E-state index >= 15 is 0 Å². The van der Waals surface area contributed by atoms with E-state index in [0.717, 1.165) is 50.0 Å². The molecule has 0 fully saturated rings. The van der Waals surface area contributed by atoms with Gasteiger partial charge in [-0.2, -0.15) is 0 Å². The first kappa shape index (κ1) is 30.9. The van der Waals surface area contributed by atoms with E-state index in [-0.39, 0.29) is 0 Å². The van der Waals surface area contributed by atoms with E-state index in [4.69, 9.17) is 9.97 Å². The Labute approximate surface area is 322 Å². The van der Waals surface area contributed by atoms with Crippen molar-refractivity contribution in [2.45, 2.75) is 0 Å². The molecule has 0 saturated heterocycles. The van der Waals surface area contributed by atoms with Crippen molar-refractivity contribution >= 4 is 76.2 Å². The van der Waals surface area contributed by atoms with E-state index in [0.29, 0.717) is 0 Å². The lowest BCUT2D eigenvalue weighted by molar-refractivity contribution is 1.18. The maximum absolute atomic E-state index is 5.32. The van der Waals surface area contributed by atoms with Crippen LogP contribution in [0, 0.1) is 0 Å². The average molecular weight is 713 g/mol. The summed E-state index contributed by atoms with van der Waals surface area (Å²) in [5.41, 5.74) is 13.0. The Balaban J connectivity index is 1.04. The molecule has 12 aromatic rings. The molecule has 0 saturated carbocycles. The van der Waals surface area contributed by atoms with E-state index in [9.17, 15) is 0 Å². The summed E-state index contributed by atoms with van der Waals surface area (Å²) in [6.07, 6.45) is 1.93. The molecule has 9 aromatic carbocycles. The lowest BCUT2D eigenvalue weighted by Gasteiger charge is -2.13. The molecule has 0 N–H and O–H groups in total. The number of para-hydroxylation sites is 3. The minimum Gasteiger partial charge on any atom is -0.309 e. The van der Waals surface area contributed by atoms with Gasteiger partial charge in [0.1, 0.15) is 0 Å². The number of hydrogen-bond donors (Lipinski definition) is 0. The molecule has 260 valence electrons. The highest BCUT2D eigenvalue weighted by Gasteiger charge is 2.17. The standard InChI is InChI=1S/C52H32N4/c1-2-14-36(15-3-1)55-47-23-10-8-19-40(47)42-27-25-33(30-49(42)55)34-26-28-43-41-20-9-11-24-48(41)56(50(43)31-34)37-16-12-13-35(29-37)46-32-53-51-44-21-6-4-17-38(44)39-18-5-7-22-45(39)52(51)54-46/h1-32H. The van der Waals surface area contributed by atoms with E-state index in [1.165, 1.54) is 60.0 Å². The molecule has 4 heteroatoms. The number of hydrogen-bond acceptors (Lipinski definition) is 2. The topological polar surface area (TPSA) is 35.6 Å². The third kappa shape index (κ3) is 4.53. The van der Waals surface area contributed by atoms with Gasteiger partial charge < -0.3 is 9.13 Å². The number of rotatable bonds is 4. The van der Waals surface area contributed by atoms with Gasteiger partial charge in [-0.25, -0.2) is 4.98 Å². The van der Waals surface area contributed by atoms with Crippen LogP contribution in [0.15, 0.2) is 194 Å². The molecule has 12 rings (SSSR count). The molecule has 4 nitrogen and oxygen atoms in total. The number of fused-ring (bicyclic) bond motifs is 12. The van der Waals surface area contributed by atoms with Crippen LogP contribution >= 0.6 is 0 Å². The van der Waals surface area contributed by atoms with Crippen LogP contribution in [0.1, 0.15) is 0 Å². The first-order chi connectivity index (χ1) is 27.8. The van der Waals surface area contributed by atoms with Gasteiger partial charge >= 0.3 is 0 Å². The summed E-state index contributed by atoms with van der Waals surface area (Å²) in [4.78, 5) is 10.4. The van der Waals surface area contributed by atoms with Crippen molar-refractivity contribution < 1.29 is 0 Å². The highest BCUT2D eigenvalue weighted by Crippen LogP contribution is 2.39. The fraction of sp³-hybridized carbons (Fsp3) is 0. The molecule has 0 unspecified atom stereocenters. The minimum atomic E-state index is 0.850. The van der Waals surface area contributed by atoms with Crippen LogP contribution in [0.5, 0.6) is 0 Å². The summed E-state index contributed by atoms with van der Waals surface area (Å²) in [6.45, 7) is 0. The minimum absolute atomic E-state index is 0.850. The van der Waals surface area contributed by atoms with E-state index in [1.54, 1.807) is 0 Å². The van der Waals surface area contributed by atoms with Gasteiger partial charge in [0.2, 0.25) is 0 Å². The Hall–Kier alpha value is -7.56. The zero-order chi connectivity index (χ0) is 36.7. The summed E-state index contributed by atoms with van der Waals surface area (Å²) >= 11 is 0. The van der Waals surface area contributed by atoms with Gasteiger partial charge in [-0.15, -0.1) is 0 Å². The first-order valence-corrected chi connectivity index (χ1v) is 19.1. The van der Waals surface area contributed by atoms with Crippen LogP contribution in [-0.2, 0) is 0 Å². The molecular formula is C52H32N4. The predicted molar refractivity (Wildman–Crippen MR) is 234 cm³/mol. The SMILES string of the molecule is c1ccc(-n2c3ccccc3c3ccc(-c4ccc5c6ccccc6n(-c6cccc(-c7cnc8c9ccccc9c9ccccc9c8n7)c6)c5c4)cc32)cc1. The van der Waals surface area contributed by atoms with Crippen molar-refractivity contribution in [3.8, 4) is 33.8 Å². The fourth-order valence-electron chi connectivity index (χ4n) is 9.00. The van der Waals surface area contributed by atoms with Crippen molar-refractivity contribution in [2.24, 2.45) is 0 Å². The summed E-state index contributed by atoms with van der Waals surface area (Å²) in [5, 5.41) is 9.58. The Bertz CT molecular complexity index is 3500. The molecular weight excluding hydrogens is 681 g/mol. The van der Waals surface area contributed by atoms with E-state index < -0.39 is 0 Å².